The Kier molecular flexibility index (Phi) is 5.46. The van der Waals surface area contributed by atoms with Crippen molar-refractivity contribution in [3.05, 3.63) is 33.6 Å². The summed E-state index contributed by atoms with van der Waals surface area (Å²) in [6, 6.07) is 4.20. The molecule has 2 aromatic rings. The van der Waals surface area contributed by atoms with Crippen molar-refractivity contribution in [3.8, 4) is 11.3 Å². The van der Waals surface area contributed by atoms with Gasteiger partial charge in [-0.2, -0.15) is 30.7 Å². The van der Waals surface area contributed by atoms with E-state index >= 15 is 0 Å². The molecular formula is C13H5Cl2F7N2OS. The van der Waals surface area contributed by atoms with E-state index < -0.39 is 29.1 Å². The van der Waals surface area contributed by atoms with Crippen LogP contribution in [0.3, 0.4) is 0 Å². The first-order valence-corrected chi connectivity index (χ1v) is 7.95. The van der Waals surface area contributed by atoms with E-state index in [1.54, 1.807) is 0 Å². The van der Waals surface area contributed by atoms with Gasteiger partial charge < -0.3 is 0 Å². The largest absolute Gasteiger partial charge is 0.460 e. The van der Waals surface area contributed by atoms with E-state index in [0.717, 1.165) is 0 Å². The first-order chi connectivity index (χ1) is 11.8. The molecule has 0 aliphatic rings. The van der Waals surface area contributed by atoms with Gasteiger partial charge in [0.05, 0.1) is 15.7 Å². The molecule has 3 nitrogen and oxygen atoms in total. The number of thiazole rings is 1. The SMILES string of the molecule is O=C(Nc1nc(-c2ccc(Cl)c(Cl)c2)cs1)C(F)(F)C(F)(F)C(F)(F)F. The molecule has 2 rings (SSSR count). The smallest absolute Gasteiger partial charge is 0.296 e. The van der Waals surface area contributed by atoms with E-state index in [4.69, 9.17) is 23.2 Å². The van der Waals surface area contributed by atoms with Gasteiger partial charge in [0.1, 0.15) is 0 Å². The van der Waals surface area contributed by atoms with Crippen molar-refractivity contribution < 1.29 is 35.5 Å². The van der Waals surface area contributed by atoms with Crippen LogP contribution in [0.1, 0.15) is 0 Å². The van der Waals surface area contributed by atoms with Crippen LogP contribution in [-0.2, 0) is 4.79 Å². The number of hydrogen-bond acceptors (Lipinski definition) is 3. The second-order valence-corrected chi connectivity index (χ2v) is 6.44. The van der Waals surface area contributed by atoms with Gasteiger partial charge in [-0.3, -0.25) is 10.1 Å². The Morgan fingerprint density at radius 2 is 1.65 bits per heavy atom. The number of aromatic nitrogens is 1. The molecule has 26 heavy (non-hydrogen) atoms. The number of hydrogen-bond donors (Lipinski definition) is 1. The number of anilines is 1. The van der Waals surface area contributed by atoms with E-state index in [0.29, 0.717) is 16.9 Å². The molecular weight excluding hydrogens is 436 g/mol. The summed E-state index contributed by atoms with van der Waals surface area (Å²) in [7, 11) is 0. The Bertz CT molecular complexity index is 838. The standard InChI is InChI=1S/C13H5Cl2F7N2OS/c14-6-2-1-5(3-7(6)15)8-4-26-10(23-8)24-9(25)11(16,17)12(18,19)13(20,21)22/h1-4H,(H,23,24,25). The van der Waals surface area contributed by atoms with Crippen molar-refractivity contribution in [1.29, 1.82) is 0 Å². The quantitative estimate of drug-likeness (QED) is 0.602. The summed E-state index contributed by atoms with van der Waals surface area (Å²) in [5.74, 6) is -15.4. The number of amides is 1. The molecule has 0 radical (unpaired) electrons. The van der Waals surface area contributed by atoms with Crippen molar-refractivity contribution in [2.75, 3.05) is 5.32 Å². The highest BCUT2D eigenvalue weighted by Gasteiger charge is 2.76. The minimum Gasteiger partial charge on any atom is -0.296 e. The van der Waals surface area contributed by atoms with Crippen LogP contribution in [0.4, 0.5) is 35.9 Å². The zero-order valence-corrected chi connectivity index (χ0v) is 14.3. The topological polar surface area (TPSA) is 42.0 Å². The van der Waals surface area contributed by atoms with Crippen LogP contribution in [0.15, 0.2) is 23.6 Å². The molecule has 0 aliphatic carbocycles. The number of halogens is 9. The number of rotatable bonds is 4. The summed E-state index contributed by atoms with van der Waals surface area (Å²) in [5.41, 5.74) is 0.457. The Balaban J connectivity index is 2.23. The van der Waals surface area contributed by atoms with E-state index in [9.17, 15) is 35.5 Å². The van der Waals surface area contributed by atoms with Crippen LogP contribution in [0, 0.1) is 0 Å². The highest BCUT2D eigenvalue weighted by atomic mass is 35.5. The molecule has 142 valence electrons. The van der Waals surface area contributed by atoms with Crippen LogP contribution >= 0.6 is 34.5 Å². The van der Waals surface area contributed by atoms with Crippen molar-refractivity contribution in [2.24, 2.45) is 0 Å². The van der Waals surface area contributed by atoms with Crippen LogP contribution < -0.4 is 5.32 Å². The summed E-state index contributed by atoms with van der Waals surface area (Å²) < 4.78 is 88.4. The summed E-state index contributed by atoms with van der Waals surface area (Å²) in [5, 5.41) is 2.25. The number of carbonyl (C=O) groups excluding carboxylic acids is 1. The third kappa shape index (κ3) is 3.74. The van der Waals surface area contributed by atoms with Crippen molar-refractivity contribution in [1.82, 2.24) is 4.98 Å². The molecule has 0 spiro atoms. The summed E-state index contributed by atoms with van der Waals surface area (Å²) >= 11 is 12.0. The maximum atomic E-state index is 13.3. The number of alkyl halides is 7. The third-order valence-electron chi connectivity index (χ3n) is 2.98. The van der Waals surface area contributed by atoms with Gasteiger partial charge in [-0.05, 0) is 12.1 Å². The Hall–Kier alpha value is -1.59. The van der Waals surface area contributed by atoms with E-state index in [2.05, 4.69) is 4.98 Å². The average Bonchev–Trinajstić information content (AvgIpc) is 2.97. The van der Waals surface area contributed by atoms with Crippen molar-refractivity contribution in [2.45, 2.75) is 18.0 Å². The van der Waals surface area contributed by atoms with Crippen LogP contribution in [0.5, 0.6) is 0 Å². The van der Waals surface area contributed by atoms with Crippen molar-refractivity contribution in [3.63, 3.8) is 0 Å². The molecule has 13 heteroatoms. The van der Waals surface area contributed by atoms with Crippen LogP contribution in [0.25, 0.3) is 11.3 Å². The zero-order valence-electron chi connectivity index (χ0n) is 12.0. The lowest BCUT2D eigenvalue weighted by Crippen LogP contribution is -2.57. The molecule has 1 heterocycles. The molecule has 0 unspecified atom stereocenters. The second kappa shape index (κ2) is 6.86. The lowest BCUT2D eigenvalue weighted by atomic mass is 10.1. The molecule has 0 bridgehead atoms. The van der Waals surface area contributed by atoms with Crippen molar-refractivity contribution >= 4 is 45.6 Å². The lowest BCUT2D eigenvalue weighted by Gasteiger charge is -2.26. The summed E-state index contributed by atoms with van der Waals surface area (Å²) in [6.45, 7) is 0. The Morgan fingerprint density at radius 1 is 1.04 bits per heavy atom. The van der Waals surface area contributed by atoms with Gasteiger partial charge in [0.2, 0.25) is 0 Å². The van der Waals surface area contributed by atoms with E-state index in [1.165, 1.54) is 28.9 Å². The molecule has 1 N–H and O–H groups in total. The maximum Gasteiger partial charge on any atom is 0.460 e. The molecule has 0 atom stereocenters. The fourth-order valence-corrected chi connectivity index (χ4v) is 2.63. The number of carbonyl (C=O) groups is 1. The molecule has 1 aromatic carbocycles. The Labute approximate surface area is 154 Å². The minimum absolute atomic E-state index is 0.106. The predicted octanol–water partition coefficient (Wildman–Crippen LogP) is 5.89. The fraction of sp³-hybridized carbons (Fsp3) is 0.231. The summed E-state index contributed by atoms with van der Waals surface area (Å²) in [6.07, 6.45) is -6.61. The van der Waals surface area contributed by atoms with Crippen LogP contribution in [0.2, 0.25) is 10.0 Å². The van der Waals surface area contributed by atoms with Crippen LogP contribution in [-0.4, -0.2) is 28.9 Å². The van der Waals surface area contributed by atoms with Gasteiger partial charge in [-0.1, -0.05) is 29.3 Å². The minimum atomic E-state index is -6.61. The van der Waals surface area contributed by atoms with Gasteiger partial charge in [-0.15, -0.1) is 11.3 Å². The number of nitrogens with one attached hydrogen (secondary N) is 1. The summed E-state index contributed by atoms with van der Waals surface area (Å²) in [4.78, 5) is 14.9. The molecule has 1 aromatic heterocycles. The second-order valence-electron chi connectivity index (χ2n) is 4.77. The first-order valence-electron chi connectivity index (χ1n) is 6.32. The zero-order chi connectivity index (χ0) is 19.9. The number of nitrogens with zero attached hydrogens (tertiary/aromatic N) is 1. The van der Waals surface area contributed by atoms with Gasteiger partial charge in [0, 0.05) is 10.9 Å². The molecule has 0 fully saturated rings. The van der Waals surface area contributed by atoms with Gasteiger partial charge >= 0.3 is 23.9 Å². The fourth-order valence-electron chi connectivity index (χ4n) is 1.62. The predicted molar refractivity (Wildman–Crippen MR) is 82.1 cm³/mol. The lowest BCUT2D eigenvalue weighted by molar-refractivity contribution is -0.343. The molecule has 0 aliphatic heterocycles. The van der Waals surface area contributed by atoms with Gasteiger partial charge in [0.25, 0.3) is 0 Å². The normalized spacial score (nSPS) is 13.0. The van der Waals surface area contributed by atoms with Gasteiger partial charge in [0.15, 0.2) is 5.13 Å². The monoisotopic (exact) mass is 440 g/mol. The molecule has 1 amide bonds. The number of benzene rings is 1. The van der Waals surface area contributed by atoms with Gasteiger partial charge in [-0.25, -0.2) is 4.98 Å². The maximum absolute atomic E-state index is 13.3. The third-order valence-corrected chi connectivity index (χ3v) is 4.47. The molecule has 0 saturated heterocycles. The Morgan fingerprint density at radius 3 is 2.19 bits per heavy atom. The highest BCUT2D eigenvalue weighted by Crippen LogP contribution is 2.47. The first kappa shape index (κ1) is 20.7. The highest BCUT2D eigenvalue weighted by molar-refractivity contribution is 7.14. The van der Waals surface area contributed by atoms with E-state index in [-0.39, 0.29) is 15.7 Å². The van der Waals surface area contributed by atoms with E-state index in [1.807, 2.05) is 0 Å². The average molecular weight is 441 g/mol. The molecule has 0 saturated carbocycles.